The Morgan fingerprint density at radius 3 is 2.12 bits per heavy atom. The second-order valence-corrected chi connectivity index (χ2v) is 8.11. The lowest BCUT2D eigenvalue weighted by molar-refractivity contribution is -0.384. The van der Waals surface area contributed by atoms with Gasteiger partial charge < -0.3 is 5.32 Å². The first-order chi connectivity index (χ1) is 15.1. The number of non-ortho nitro benzene ring substituents is 1. The van der Waals surface area contributed by atoms with Gasteiger partial charge >= 0.3 is 0 Å². The van der Waals surface area contributed by atoms with E-state index >= 15 is 0 Å². The number of nitrogens with zero attached hydrogens (tertiary/aromatic N) is 1. The van der Waals surface area contributed by atoms with Crippen LogP contribution in [0.15, 0.2) is 77.7 Å². The van der Waals surface area contributed by atoms with Crippen LogP contribution >= 0.6 is 0 Å². The molecule has 164 valence electrons. The number of nitro groups is 1. The summed E-state index contributed by atoms with van der Waals surface area (Å²) in [6.07, 6.45) is 2.71. The Morgan fingerprint density at radius 1 is 0.906 bits per heavy atom. The molecule has 0 saturated heterocycles. The molecule has 0 aliphatic carbocycles. The molecule has 0 atom stereocenters. The highest BCUT2D eigenvalue weighted by Gasteiger charge is 2.16. The molecule has 32 heavy (non-hydrogen) atoms. The minimum Gasteiger partial charge on any atom is -0.323 e. The van der Waals surface area contributed by atoms with E-state index in [9.17, 15) is 32.1 Å². The maximum absolute atomic E-state index is 13.3. The van der Waals surface area contributed by atoms with Crippen LogP contribution in [0.3, 0.4) is 0 Å². The second kappa shape index (κ2) is 9.35. The number of anilines is 2. The smallest absolute Gasteiger partial charge is 0.269 e. The van der Waals surface area contributed by atoms with Crippen molar-refractivity contribution in [2.24, 2.45) is 0 Å². The van der Waals surface area contributed by atoms with Crippen LogP contribution in [0, 0.1) is 21.7 Å². The molecule has 0 heterocycles. The van der Waals surface area contributed by atoms with Gasteiger partial charge in [-0.2, -0.15) is 0 Å². The zero-order valence-electron chi connectivity index (χ0n) is 16.2. The minimum absolute atomic E-state index is 0.0631. The number of carbonyl (C=O) groups excluding carboxylic acids is 1. The highest BCUT2D eigenvalue weighted by atomic mass is 32.2. The van der Waals surface area contributed by atoms with E-state index in [1.807, 2.05) is 0 Å². The molecule has 2 N–H and O–H groups in total. The van der Waals surface area contributed by atoms with Crippen LogP contribution in [-0.4, -0.2) is 19.2 Å². The van der Waals surface area contributed by atoms with E-state index < -0.39 is 37.4 Å². The van der Waals surface area contributed by atoms with Gasteiger partial charge in [-0.1, -0.05) is 0 Å². The van der Waals surface area contributed by atoms with Crippen molar-refractivity contribution in [3.8, 4) is 0 Å². The summed E-state index contributed by atoms with van der Waals surface area (Å²) >= 11 is 0. The molecule has 0 aromatic heterocycles. The van der Waals surface area contributed by atoms with Gasteiger partial charge in [-0.25, -0.2) is 17.2 Å². The SMILES string of the molecule is O=C(/C=C/c1ccc([N+](=O)[O-])cc1)Nc1ccc(NS(=O)(=O)c2ccc(F)c(F)c2)cc1. The van der Waals surface area contributed by atoms with Crippen molar-refractivity contribution in [3.05, 3.63) is 100 Å². The number of halogens is 2. The maximum atomic E-state index is 13.3. The summed E-state index contributed by atoms with van der Waals surface area (Å²) in [4.78, 5) is 21.7. The highest BCUT2D eigenvalue weighted by molar-refractivity contribution is 7.92. The second-order valence-electron chi connectivity index (χ2n) is 6.43. The van der Waals surface area contributed by atoms with E-state index in [4.69, 9.17) is 0 Å². The lowest BCUT2D eigenvalue weighted by Crippen LogP contribution is -2.13. The van der Waals surface area contributed by atoms with Crippen molar-refractivity contribution < 1.29 is 26.9 Å². The fraction of sp³-hybridized carbons (Fsp3) is 0. The average Bonchev–Trinajstić information content (AvgIpc) is 2.75. The summed E-state index contributed by atoms with van der Waals surface area (Å²) < 4.78 is 53.1. The maximum Gasteiger partial charge on any atom is 0.269 e. The summed E-state index contributed by atoms with van der Waals surface area (Å²) in [5.41, 5.74) is 1.05. The van der Waals surface area contributed by atoms with E-state index in [0.29, 0.717) is 23.4 Å². The molecule has 3 rings (SSSR count). The van der Waals surface area contributed by atoms with Gasteiger partial charge in [0.1, 0.15) is 0 Å². The number of sulfonamides is 1. The molecule has 0 bridgehead atoms. The number of nitrogens with one attached hydrogen (secondary N) is 2. The number of benzene rings is 3. The molecule has 0 aliphatic rings. The van der Waals surface area contributed by atoms with Crippen LogP contribution < -0.4 is 10.0 Å². The molecule has 11 heteroatoms. The van der Waals surface area contributed by atoms with Crippen LogP contribution in [0.1, 0.15) is 5.56 Å². The van der Waals surface area contributed by atoms with E-state index in [2.05, 4.69) is 10.0 Å². The topological polar surface area (TPSA) is 118 Å². The van der Waals surface area contributed by atoms with Crippen LogP contribution in [-0.2, 0) is 14.8 Å². The summed E-state index contributed by atoms with van der Waals surface area (Å²) in [6, 6.07) is 13.5. The normalized spacial score (nSPS) is 11.3. The summed E-state index contributed by atoms with van der Waals surface area (Å²) in [7, 11) is -4.13. The van der Waals surface area contributed by atoms with E-state index in [-0.39, 0.29) is 11.4 Å². The first kappa shape index (κ1) is 22.6. The molecule has 1 amide bonds. The third-order valence-corrected chi connectivity index (χ3v) is 5.52. The summed E-state index contributed by atoms with van der Waals surface area (Å²) in [5.74, 6) is -2.92. The Balaban J connectivity index is 1.62. The molecule has 0 radical (unpaired) electrons. The lowest BCUT2D eigenvalue weighted by Gasteiger charge is -2.09. The Labute approximate surface area is 181 Å². The van der Waals surface area contributed by atoms with Crippen LogP contribution in [0.5, 0.6) is 0 Å². The van der Waals surface area contributed by atoms with Crippen molar-refractivity contribution in [2.75, 3.05) is 10.0 Å². The van der Waals surface area contributed by atoms with Crippen LogP contribution in [0.2, 0.25) is 0 Å². The summed E-state index contributed by atoms with van der Waals surface area (Å²) in [5, 5.41) is 13.2. The van der Waals surface area contributed by atoms with Crippen molar-refractivity contribution in [2.45, 2.75) is 4.90 Å². The number of amides is 1. The molecule has 0 aliphatic heterocycles. The number of carbonyl (C=O) groups is 1. The first-order valence-electron chi connectivity index (χ1n) is 8.95. The monoisotopic (exact) mass is 459 g/mol. The Morgan fingerprint density at radius 2 is 1.53 bits per heavy atom. The Kier molecular flexibility index (Phi) is 6.59. The van der Waals surface area contributed by atoms with Gasteiger partial charge in [0, 0.05) is 29.6 Å². The molecular weight excluding hydrogens is 444 g/mol. The van der Waals surface area contributed by atoms with Crippen molar-refractivity contribution >= 4 is 39.1 Å². The Hall–Kier alpha value is -4.12. The van der Waals surface area contributed by atoms with E-state index in [0.717, 1.165) is 6.07 Å². The molecule has 3 aromatic carbocycles. The summed E-state index contributed by atoms with van der Waals surface area (Å²) in [6.45, 7) is 0. The fourth-order valence-electron chi connectivity index (χ4n) is 2.54. The number of hydrogen-bond acceptors (Lipinski definition) is 5. The molecule has 0 fully saturated rings. The lowest BCUT2D eigenvalue weighted by atomic mass is 10.2. The molecule has 0 unspecified atom stereocenters. The van der Waals surface area contributed by atoms with Crippen molar-refractivity contribution in [3.63, 3.8) is 0 Å². The molecule has 0 saturated carbocycles. The van der Waals surface area contributed by atoms with E-state index in [1.54, 1.807) is 0 Å². The van der Waals surface area contributed by atoms with Gasteiger partial charge in [0.2, 0.25) is 5.91 Å². The number of rotatable bonds is 7. The molecular formula is C21H15F2N3O5S. The van der Waals surface area contributed by atoms with Gasteiger partial charge in [0.25, 0.3) is 15.7 Å². The predicted molar refractivity (Wildman–Crippen MR) is 114 cm³/mol. The van der Waals surface area contributed by atoms with Gasteiger partial charge in [-0.3, -0.25) is 19.6 Å². The number of hydrogen-bond donors (Lipinski definition) is 2. The first-order valence-corrected chi connectivity index (χ1v) is 10.4. The van der Waals surface area contributed by atoms with Gasteiger partial charge in [-0.15, -0.1) is 0 Å². The highest BCUT2D eigenvalue weighted by Crippen LogP contribution is 2.20. The largest absolute Gasteiger partial charge is 0.323 e. The average molecular weight is 459 g/mol. The Bertz CT molecular complexity index is 1290. The van der Waals surface area contributed by atoms with Gasteiger partial charge in [0.15, 0.2) is 11.6 Å². The standard InChI is InChI=1S/C21H15F2N3O5S/c22-19-11-10-18(13-20(19)23)32(30,31)25-16-6-4-15(5-7-16)24-21(27)12-3-14-1-8-17(9-2-14)26(28)29/h1-13,25H,(H,24,27)/b12-3+. The fourth-order valence-corrected chi connectivity index (χ4v) is 3.61. The van der Waals surface area contributed by atoms with Gasteiger partial charge in [0.05, 0.1) is 9.82 Å². The predicted octanol–water partition coefficient (Wildman–Crippen LogP) is 4.33. The van der Waals surface area contributed by atoms with Crippen molar-refractivity contribution in [1.29, 1.82) is 0 Å². The van der Waals surface area contributed by atoms with Crippen LogP contribution in [0.25, 0.3) is 6.08 Å². The minimum atomic E-state index is -4.13. The molecule has 0 spiro atoms. The quantitative estimate of drug-likeness (QED) is 0.310. The zero-order chi connectivity index (χ0) is 23.3. The zero-order valence-corrected chi connectivity index (χ0v) is 17.0. The van der Waals surface area contributed by atoms with Crippen LogP contribution in [0.4, 0.5) is 25.8 Å². The molecule has 8 nitrogen and oxygen atoms in total. The number of nitro benzene ring substituents is 1. The van der Waals surface area contributed by atoms with E-state index in [1.165, 1.54) is 60.7 Å². The molecule has 3 aromatic rings. The third-order valence-electron chi connectivity index (χ3n) is 4.14. The van der Waals surface area contributed by atoms with Gasteiger partial charge in [-0.05, 0) is 66.2 Å². The van der Waals surface area contributed by atoms with Crippen molar-refractivity contribution in [1.82, 2.24) is 0 Å². The third kappa shape index (κ3) is 5.73.